The van der Waals surface area contributed by atoms with Gasteiger partial charge in [-0.15, -0.1) is 0 Å². The number of amides is 1. The van der Waals surface area contributed by atoms with Crippen LogP contribution in [0, 0.1) is 20.8 Å². The summed E-state index contributed by atoms with van der Waals surface area (Å²) in [6.07, 6.45) is 1.36. The molecule has 30 heavy (non-hydrogen) atoms. The van der Waals surface area contributed by atoms with Crippen LogP contribution in [-0.2, 0) is 14.8 Å². The zero-order valence-corrected chi connectivity index (χ0v) is 20.4. The number of nitrogens with zero attached hydrogens (tertiary/aromatic N) is 1. The molecule has 2 rings (SSSR count). The van der Waals surface area contributed by atoms with Gasteiger partial charge in [0.1, 0.15) is 6.04 Å². The van der Waals surface area contributed by atoms with Crippen molar-refractivity contribution in [3.63, 3.8) is 0 Å². The summed E-state index contributed by atoms with van der Waals surface area (Å²) in [5.74, 6) is -0.376. The fraction of sp³-hybridized carbons (Fsp3) is 0.409. The van der Waals surface area contributed by atoms with Gasteiger partial charge in [-0.2, -0.15) is 0 Å². The molecule has 0 saturated carbocycles. The minimum Gasteiger partial charge on any atom is -0.348 e. The van der Waals surface area contributed by atoms with E-state index in [0.29, 0.717) is 10.7 Å². The summed E-state index contributed by atoms with van der Waals surface area (Å²) in [6.45, 7) is 9.73. The number of anilines is 1. The molecule has 0 bridgehead atoms. The second-order valence-corrected chi connectivity index (χ2v) is 10.3. The molecule has 0 heterocycles. The zero-order valence-electron chi connectivity index (χ0n) is 18.1. The van der Waals surface area contributed by atoms with E-state index in [4.69, 9.17) is 23.2 Å². The lowest BCUT2D eigenvalue weighted by Crippen LogP contribution is -2.49. The van der Waals surface area contributed by atoms with Gasteiger partial charge in [0.2, 0.25) is 15.9 Å². The Kier molecular flexibility index (Phi) is 7.83. The SMILES string of the molecule is CC[C@@H](C(=O)N[C@@H](C)c1cc(C)c(C)cc1C)N(c1ccc(Cl)c(Cl)c1)S(C)(=O)=O. The van der Waals surface area contributed by atoms with E-state index in [0.717, 1.165) is 27.3 Å². The summed E-state index contributed by atoms with van der Waals surface area (Å²) < 4.78 is 26.3. The predicted molar refractivity (Wildman–Crippen MR) is 125 cm³/mol. The molecule has 1 amide bonds. The molecule has 0 fully saturated rings. The third kappa shape index (κ3) is 5.48. The Bertz CT molecular complexity index is 1050. The first-order valence-electron chi connectivity index (χ1n) is 9.69. The molecule has 5 nitrogen and oxygen atoms in total. The molecular weight excluding hydrogens is 443 g/mol. The molecule has 0 aliphatic heterocycles. The van der Waals surface area contributed by atoms with E-state index >= 15 is 0 Å². The van der Waals surface area contributed by atoms with E-state index in [9.17, 15) is 13.2 Å². The van der Waals surface area contributed by atoms with Crippen LogP contribution in [0.15, 0.2) is 30.3 Å². The average Bonchev–Trinajstić information content (AvgIpc) is 2.63. The summed E-state index contributed by atoms with van der Waals surface area (Å²) in [4.78, 5) is 13.2. The number of halogens is 2. The number of sulfonamides is 1. The summed E-state index contributed by atoms with van der Waals surface area (Å²) in [5.41, 5.74) is 4.69. The summed E-state index contributed by atoms with van der Waals surface area (Å²) in [5, 5.41) is 3.51. The Morgan fingerprint density at radius 2 is 1.63 bits per heavy atom. The van der Waals surface area contributed by atoms with E-state index < -0.39 is 16.1 Å². The van der Waals surface area contributed by atoms with Crippen molar-refractivity contribution in [2.75, 3.05) is 10.6 Å². The fourth-order valence-corrected chi connectivity index (χ4v) is 5.02. The molecule has 164 valence electrons. The standard InChI is InChI=1S/C22H28Cl2N2O3S/c1-7-21(26(30(6,28)29)17-8-9-19(23)20(24)12-17)22(27)25-16(5)18-11-14(3)13(2)10-15(18)4/h8-12,16,21H,7H2,1-6H3,(H,25,27)/t16-,21-/m0/s1. The van der Waals surface area contributed by atoms with Gasteiger partial charge in [-0.05, 0) is 74.6 Å². The van der Waals surface area contributed by atoms with Crippen LogP contribution in [0.2, 0.25) is 10.0 Å². The number of hydrogen-bond acceptors (Lipinski definition) is 3. The first kappa shape index (κ1) is 24.5. The number of benzene rings is 2. The summed E-state index contributed by atoms with van der Waals surface area (Å²) in [7, 11) is -3.75. The van der Waals surface area contributed by atoms with Crippen molar-refractivity contribution in [3.05, 3.63) is 62.6 Å². The van der Waals surface area contributed by atoms with Gasteiger partial charge in [0, 0.05) is 0 Å². The second-order valence-electron chi connectivity index (χ2n) is 7.60. The van der Waals surface area contributed by atoms with Crippen LogP contribution in [0.3, 0.4) is 0 Å². The lowest BCUT2D eigenvalue weighted by atomic mass is 9.96. The van der Waals surface area contributed by atoms with Gasteiger partial charge in [-0.1, -0.05) is 42.3 Å². The molecular formula is C22H28Cl2N2O3S. The van der Waals surface area contributed by atoms with Crippen LogP contribution < -0.4 is 9.62 Å². The monoisotopic (exact) mass is 470 g/mol. The van der Waals surface area contributed by atoms with Gasteiger partial charge in [-0.25, -0.2) is 8.42 Å². The number of rotatable bonds is 7. The summed E-state index contributed by atoms with van der Waals surface area (Å²) >= 11 is 12.1. The van der Waals surface area contributed by atoms with Gasteiger partial charge < -0.3 is 5.32 Å². The van der Waals surface area contributed by atoms with Crippen LogP contribution in [0.25, 0.3) is 0 Å². The Morgan fingerprint density at radius 3 is 2.17 bits per heavy atom. The molecule has 0 aliphatic rings. The first-order valence-corrected chi connectivity index (χ1v) is 12.3. The number of nitrogens with one attached hydrogen (secondary N) is 1. The maximum Gasteiger partial charge on any atom is 0.244 e. The van der Waals surface area contributed by atoms with Crippen molar-refractivity contribution in [3.8, 4) is 0 Å². The fourth-order valence-electron chi connectivity index (χ4n) is 3.52. The zero-order chi connectivity index (χ0) is 22.8. The van der Waals surface area contributed by atoms with Crippen LogP contribution in [0.5, 0.6) is 0 Å². The van der Waals surface area contributed by atoms with Crippen LogP contribution in [0.4, 0.5) is 5.69 Å². The predicted octanol–water partition coefficient (Wildman–Crippen LogP) is 5.34. The normalized spacial score (nSPS) is 13.6. The topological polar surface area (TPSA) is 66.5 Å². The van der Waals surface area contributed by atoms with E-state index in [1.165, 1.54) is 17.7 Å². The highest BCUT2D eigenvalue weighted by Crippen LogP contribution is 2.30. The molecule has 0 unspecified atom stereocenters. The summed E-state index contributed by atoms with van der Waals surface area (Å²) in [6, 6.07) is 7.46. The van der Waals surface area contributed by atoms with Crippen molar-refractivity contribution >= 4 is 44.8 Å². The Morgan fingerprint density at radius 1 is 1.03 bits per heavy atom. The third-order valence-corrected chi connectivity index (χ3v) is 7.11. The Labute approximate surface area is 189 Å². The van der Waals surface area contributed by atoms with Crippen molar-refractivity contribution in [1.29, 1.82) is 0 Å². The highest BCUT2D eigenvalue weighted by molar-refractivity contribution is 7.92. The lowest BCUT2D eigenvalue weighted by molar-refractivity contribution is -0.122. The molecule has 0 aliphatic carbocycles. The second kappa shape index (κ2) is 9.58. The number of aryl methyl sites for hydroxylation is 3. The minimum absolute atomic E-state index is 0.220. The van der Waals surface area contributed by atoms with Crippen LogP contribution >= 0.6 is 23.2 Å². The van der Waals surface area contributed by atoms with Crippen LogP contribution in [-0.4, -0.2) is 26.6 Å². The largest absolute Gasteiger partial charge is 0.348 e. The number of carbonyl (C=O) groups is 1. The van der Waals surface area contributed by atoms with Gasteiger partial charge >= 0.3 is 0 Å². The highest BCUT2D eigenvalue weighted by Gasteiger charge is 2.32. The smallest absolute Gasteiger partial charge is 0.244 e. The highest BCUT2D eigenvalue weighted by atomic mass is 35.5. The lowest BCUT2D eigenvalue weighted by Gasteiger charge is -2.31. The van der Waals surface area contributed by atoms with Crippen LogP contribution in [0.1, 0.15) is 48.6 Å². The van der Waals surface area contributed by atoms with Gasteiger partial charge in [0.05, 0.1) is 28.0 Å². The Balaban J connectivity index is 2.38. The van der Waals surface area contributed by atoms with Crippen molar-refractivity contribution in [2.45, 2.75) is 53.1 Å². The molecule has 8 heteroatoms. The molecule has 0 aromatic heterocycles. The molecule has 2 atom stereocenters. The molecule has 2 aromatic carbocycles. The average molecular weight is 471 g/mol. The van der Waals surface area contributed by atoms with Gasteiger partial charge in [0.25, 0.3) is 0 Å². The molecule has 0 radical (unpaired) electrons. The van der Waals surface area contributed by atoms with E-state index in [2.05, 4.69) is 17.4 Å². The van der Waals surface area contributed by atoms with Crippen molar-refractivity contribution in [1.82, 2.24) is 5.32 Å². The molecule has 1 N–H and O–H groups in total. The Hall–Kier alpha value is -1.76. The minimum atomic E-state index is -3.75. The van der Waals surface area contributed by atoms with Crippen molar-refractivity contribution < 1.29 is 13.2 Å². The van der Waals surface area contributed by atoms with Gasteiger partial charge in [-0.3, -0.25) is 9.10 Å². The maximum atomic E-state index is 13.2. The van der Waals surface area contributed by atoms with E-state index in [-0.39, 0.29) is 23.4 Å². The van der Waals surface area contributed by atoms with E-state index in [1.807, 2.05) is 27.7 Å². The third-order valence-electron chi connectivity index (χ3n) is 5.20. The number of carbonyl (C=O) groups excluding carboxylic acids is 1. The van der Waals surface area contributed by atoms with Gasteiger partial charge in [0.15, 0.2) is 0 Å². The number of hydrogen-bond donors (Lipinski definition) is 1. The maximum absolute atomic E-state index is 13.2. The van der Waals surface area contributed by atoms with Crippen molar-refractivity contribution in [2.24, 2.45) is 0 Å². The molecule has 0 spiro atoms. The van der Waals surface area contributed by atoms with E-state index in [1.54, 1.807) is 13.0 Å². The molecule has 2 aromatic rings. The molecule has 0 saturated heterocycles. The quantitative estimate of drug-likeness (QED) is 0.593. The first-order chi connectivity index (χ1) is 13.9.